The predicted octanol–water partition coefficient (Wildman–Crippen LogP) is 4.71. The van der Waals surface area contributed by atoms with Crippen molar-refractivity contribution in [1.82, 2.24) is 4.90 Å². The van der Waals surface area contributed by atoms with Crippen LogP contribution in [-0.4, -0.2) is 61.8 Å². The molecule has 38 heavy (non-hydrogen) atoms. The molecule has 1 saturated heterocycles. The summed E-state index contributed by atoms with van der Waals surface area (Å²) >= 11 is 0. The molecule has 4 rings (SSSR count). The minimum Gasteiger partial charge on any atom is -0.508 e. The molecule has 3 aromatic rings. The summed E-state index contributed by atoms with van der Waals surface area (Å²) in [7, 11) is 0. The molecule has 1 fully saturated rings. The molecule has 1 heterocycles. The number of phenols is 1. The number of carbonyl (C=O) groups excluding carboxylic acids is 2. The van der Waals surface area contributed by atoms with Crippen molar-refractivity contribution in [3.05, 3.63) is 104 Å². The van der Waals surface area contributed by atoms with Gasteiger partial charge in [0.2, 0.25) is 0 Å². The quantitative estimate of drug-likeness (QED) is 0.309. The highest BCUT2D eigenvalue weighted by Crippen LogP contribution is 2.21. The fourth-order valence-electron chi connectivity index (χ4n) is 3.69. The van der Waals surface area contributed by atoms with Gasteiger partial charge in [0, 0.05) is 37.4 Å². The van der Waals surface area contributed by atoms with E-state index in [0.29, 0.717) is 44.1 Å². The third-order valence-electron chi connectivity index (χ3n) is 5.63. The summed E-state index contributed by atoms with van der Waals surface area (Å²) in [4.78, 5) is 26.7. The average Bonchev–Trinajstić information content (AvgIpc) is 2.97. The summed E-state index contributed by atoms with van der Waals surface area (Å²) in [6.07, 6.45) is 3.35. The molecule has 1 N–H and O–H groups in total. The summed E-state index contributed by atoms with van der Waals surface area (Å²) in [5, 5.41) is 9.38. The highest BCUT2D eigenvalue weighted by atomic mass is 16.5. The smallest absolute Gasteiger partial charge is 0.298 e. The van der Waals surface area contributed by atoms with E-state index < -0.39 is 0 Å². The van der Waals surface area contributed by atoms with Crippen LogP contribution in [-0.2, 0) is 4.79 Å². The van der Waals surface area contributed by atoms with Crippen LogP contribution in [0.4, 0.5) is 5.69 Å². The number of hydrogen-bond acceptors (Lipinski definition) is 7. The lowest BCUT2D eigenvalue weighted by Crippen LogP contribution is -2.48. The minimum absolute atomic E-state index is 0.0422. The summed E-state index contributed by atoms with van der Waals surface area (Å²) in [6.45, 7) is 11.3. The van der Waals surface area contributed by atoms with Gasteiger partial charge in [0.25, 0.3) is 12.4 Å². The summed E-state index contributed by atoms with van der Waals surface area (Å²) in [6, 6.07) is 21.1. The second-order valence-corrected chi connectivity index (χ2v) is 8.20. The lowest BCUT2D eigenvalue weighted by molar-refractivity contribution is -0.120. The molecule has 0 unspecified atom stereocenters. The topological polar surface area (TPSA) is 88.5 Å². The van der Waals surface area contributed by atoms with Crippen LogP contribution in [0.3, 0.4) is 0 Å². The van der Waals surface area contributed by atoms with Crippen LogP contribution in [0.1, 0.15) is 10.4 Å². The lowest BCUT2D eigenvalue weighted by Gasteiger charge is -2.36. The molecule has 0 spiro atoms. The molecular formula is C30H32N2O6. The van der Waals surface area contributed by atoms with Gasteiger partial charge < -0.3 is 29.1 Å². The van der Waals surface area contributed by atoms with Crippen molar-refractivity contribution in [1.29, 1.82) is 0 Å². The largest absolute Gasteiger partial charge is 0.508 e. The van der Waals surface area contributed by atoms with E-state index in [0.717, 1.165) is 30.3 Å². The number of nitrogens with zero attached hydrogens (tertiary/aromatic N) is 2. The van der Waals surface area contributed by atoms with E-state index in [1.807, 2.05) is 29.2 Å². The van der Waals surface area contributed by atoms with Crippen molar-refractivity contribution in [2.75, 3.05) is 44.3 Å². The number of hydrogen-bond donors (Lipinski definition) is 1. The van der Waals surface area contributed by atoms with Crippen LogP contribution in [0, 0.1) is 0 Å². The Morgan fingerprint density at radius 2 is 1.26 bits per heavy atom. The van der Waals surface area contributed by atoms with Crippen molar-refractivity contribution in [2.24, 2.45) is 0 Å². The molecule has 0 saturated carbocycles. The normalized spacial score (nSPS) is 12.4. The van der Waals surface area contributed by atoms with Crippen molar-refractivity contribution in [2.45, 2.75) is 0 Å². The molecule has 3 aromatic carbocycles. The first-order chi connectivity index (χ1) is 18.5. The maximum Gasteiger partial charge on any atom is 0.298 e. The van der Waals surface area contributed by atoms with Crippen LogP contribution in [0.2, 0.25) is 0 Å². The number of piperazine rings is 1. The zero-order chi connectivity index (χ0) is 27.2. The van der Waals surface area contributed by atoms with Gasteiger partial charge in [-0.05, 0) is 72.8 Å². The maximum atomic E-state index is 12.6. The second kappa shape index (κ2) is 14.7. The van der Waals surface area contributed by atoms with Gasteiger partial charge >= 0.3 is 0 Å². The molecule has 0 aliphatic carbocycles. The standard InChI is InChI=1S/C20H22N2O3.C10H10O3/c1-2-15-25-19-9-3-16(4-10-19)20(24)22-13-11-21(12-14-22)17-5-7-18(23)8-6-17;1-2-7-12-9-3-5-10(6-4-9)13-8-11/h2-10,23H,1,11-15H2;2-6,8H,1,7H2. The van der Waals surface area contributed by atoms with Crippen molar-refractivity contribution < 1.29 is 28.9 Å². The minimum atomic E-state index is 0.0422. The molecule has 0 radical (unpaired) electrons. The summed E-state index contributed by atoms with van der Waals surface area (Å²) < 4.78 is 15.3. The third kappa shape index (κ3) is 8.44. The molecule has 8 heteroatoms. The molecule has 0 bridgehead atoms. The van der Waals surface area contributed by atoms with E-state index in [1.54, 1.807) is 60.7 Å². The fraction of sp³-hybridized carbons (Fsp3) is 0.200. The van der Waals surface area contributed by atoms with E-state index in [9.17, 15) is 14.7 Å². The highest BCUT2D eigenvalue weighted by molar-refractivity contribution is 5.94. The monoisotopic (exact) mass is 516 g/mol. The van der Waals surface area contributed by atoms with Gasteiger partial charge in [-0.25, -0.2) is 0 Å². The van der Waals surface area contributed by atoms with Crippen LogP contribution in [0.15, 0.2) is 98.1 Å². The number of phenolic OH excluding ortho intramolecular Hbond substituents is 1. The Bertz CT molecular complexity index is 1170. The number of amides is 1. The number of aromatic hydroxyl groups is 1. The molecule has 1 amide bonds. The van der Waals surface area contributed by atoms with Gasteiger partial charge in [-0.1, -0.05) is 25.3 Å². The van der Waals surface area contributed by atoms with E-state index >= 15 is 0 Å². The van der Waals surface area contributed by atoms with E-state index in [1.165, 1.54) is 0 Å². The Hall–Kier alpha value is -4.72. The van der Waals surface area contributed by atoms with Crippen molar-refractivity contribution in [3.63, 3.8) is 0 Å². The number of anilines is 1. The number of rotatable bonds is 10. The Labute approximate surface area is 223 Å². The van der Waals surface area contributed by atoms with Crippen molar-refractivity contribution >= 4 is 18.1 Å². The van der Waals surface area contributed by atoms with Crippen LogP contribution < -0.4 is 19.1 Å². The molecule has 8 nitrogen and oxygen atoms in total. The molecular weight excluding hydrogens is 484 g/mol. The zero-order valence-electron chi connectivity index (χ0n) is 21.2. The zero-order valence-corrected chi connectivity index (χ0v) is 21.2. The van der Waals surface area contributed by atoms with Gasteiger partial charge in [-0.2, -0.15) is 0 Å². The lowest BCUT2D eigenvalue weighted by atomic mass is 10.1. The molecule has 1 aliphatic rings. The average molecular weight is 517 g/mol. The fourth-order valence-corrected chi connectivity index (χ4v) is 3.69. The number of benzene rings is 3. The Balaban J connectivity index is 0.000000260. The van der Waals surface area contributed by atoms with E-state index in [4.69, 9.17) is 9.47 Å². The summed E-state index contributed by atoms with van der Waals surface area (Å²) in [5.74, 6) is 2.26. The first kappa shape index (κ1) is 27.9. The molecule has 0 aromatic heterocycles. The first-order valence-electron chi connectivity index (χ1n) is 12.1. The van der Waals surface area contributed by atoms with Gasteiger partial charge in [-0.15, -0.1) is 0 Å². The van der Waals surface area contributed by atoms with Gasteiger partial charge in [-0.3, -0.25) is 9.59 Å². The van der Waals surface area contributed by atoms with Gasteiger partial charge in [0.15, 0.2) is 0 Å². The molecule has 198 valence electrons. The van der Waals surface area contributed by atoms with Crippen LogP contribution in [0.25, 0.3) is 0 Å². The van der Waals surface area contributed by atoms with Gasteiger partial charge in [0.1, 0.15) is 36.2 Å². The van der Waals surface area contributed by atoms with Gasteiger partial charge in [0.05, 0.1) is 0 Å². The van der Waals surface area contributed by atoms with Crippen LogP contribution in [0.5, 0.6) is 23.0 Å². The maximum absolute atomic E-state index is 12.6. The first-order valence-corrected chi connectivity index (χ1v) is 12.1. The third-order valence-corrected chi connectivity index (χ3v) is 5.63. The van der Waals surface area contributed by atoms with Crippen molar-refractivity contribution in [3.8, 4) is 23.0 Å². The number of carbonyl (C=O) groups is 2. The molecule has 0 atom stereocenters. The van der Waals surface area contributed by atoms with E-state index in [-0.39, 0.29) is 11.7 Å². The van der Waals surface area contributed by atoms with Crippen LogP contribution >= 0.6 is 0 Å². The Kier molecular flexibility index (Phi) is 10.8. The Morgan fingerprint density at radius 3 is 1.76 bits per heavy atom. The summed E-state index contributed by atoms with van der Waals surface area (Å²) in [5.41, 5.74) is 1.73. The SMILES string of the molecule is C=CCOc1ccc(C(=O)N2CCN(c3ccc(O)cc3)CC2)cc1.C=CCOc1ccc(OC=O)cc1. The number of ether oxygens (including phenoxy) is 3. The highest BCUT2D eigenvalue weighted by Gasteiger charge is 2.22. The Morgan fingerprint density at radius 1 is 0.763 bits per heavy atom. The molecule has 1 aliphatic heterocycles. The predicted molar refractivity (Wildman–Crippen MR) is 147 cm³/mol. The van der Waals surface area contributed by atoms with E-state index in [2.05, 4.69) is 22.8 Å². The second-order valence-electron chi connectivity index (χ2n) is 8.20.